The van der Waals surface area contributed by atoms with E-state index in [9.17, 15) is 43.2 Å². The van der Waals surface area contributed by atoms with Crippen LogP contribution in [0.2, 0.25) is 0 Å². The second kappa shape index (κ2) is 59.7. The summed E-state index contributed by atoms with van der Waals surface area (Å²) in [6.45, 7) is 7.14. The molecule has 0 aliphatic rings. The van der Waals surface area contributed by atoms with E-state index in [0.717, 1.165) is 121 Å². The molecule has 0 aliphatic heterocycles. The van der Waals surface area contributed by atoms with E-state index in [1.54, 1.807) is 0 Å². The van der Waals surface area contributed by atoms with Crippen molar-refractivity contribution in [2.45, 2.75) is 355 Å². The highest BCUT2D eigenvalue weighted by molar-refractivity contribution is 7.47. The van der Waals surface area contributed by atoms with Gasteiger partial charge in [-0.15, -0.1) is 0 Å². The van der Waals surface area contributed by atoms with Gasteiger partial charge < -0.3 is 33.8 Å². The van der Waals surface area contributed by atoms with E-state index in [-0.39, 0.29) is 25.7 Å². The van der Waals surface area contributed by atoms with Crippen LogP contribution in [-0.2, 0) is 65.4 Å². The van der Waals surface area contributed by atoms with Crippen LogP contribution in [-0.4, -0.2) is 96.7 Å². The molecular formula is C66H128O17P2. The molecule has 19 heteroatoms. The summed E-state index contributed by atoms with van der Waals surface area (Å²) in [7, 11) is -9.88. The number of unbranched alkanes of at least 4 members (excludes halogenated alkanes) is 38. The van der Waals surface area contributed by atoms with Crippen LogP contribution >= 0.6 is 15.6 Å². The number of ether oxygens (including phenoxy) is 4. The highest BCUT2D eigenvalue weighted by atomic mass is 31.2. The number of carbonyl (C=O) groups is 4. The van der Waals surface area contributed by atoms with Crippen LogP contribution in [0, 0.1) is 5.92 Å². The van der Waals surface area contributed by atoms with E-state index in [1.165, 1.54) is 135 Å². The van der Waals surface area contributed by atoms with Gasteiger partial charge in [-0.05, 0) is 31.6 Å². The van der Waals surface area contributed by atoms with Crippen LogP contribution in [0.25, 0.3) is 0 Å². The number of carbonyl (C=O) groups excluding carboxylic acids is 4. The van der Waals surface area contributed by atoms with E-state index in [4.69, 9.17) is 37.0 Å². The molecule has 0 spiro atoms. The average Bonchev–Trinajstić information content (AvgIpc) is 3.50. The van der Waals surface area contributed by atoms with Crippen LogP contribution in [0.5, 0.6) is 0 Å². The Hall–Kier alpha value is -1.94. The van der Waals surface area contributed by atoms with Crippen molar-refractivity contribution >= 4 is 39.5 Å². The van der Waals surface area contributed by atoms with Crippen molar-refractivity contribution in [3.63, 3.8) is 0 Å². The van der Waals surface area contributed by atoms with Gasteiger partial charge >= 0.3 is 39.5 Å². The van der Waals surface area contributed by atoms with Crippen molar-refractivity contribution in [1.29, 1.82) is 0 Å². The highest BCUT2D eigenvalue weighted by Gasteiger charge is 2.30. The number of hydrogen-bond donors (Lipinski definition) is 3. The quantitative estimate of drug-likeness (QED) is 0.0222. The third-order valence-electron chi connectivity index (χ3n) is 15.3. The Bertz CT molecular complexity index is 1650. The first-order valence-electron chi connectivity index (χ1n) is 34.6. The minimum absolute atomic E-state index is 0.104. The first-order chi connectivity index (χ1) is 41.0. The second-order valence-corrected chi connectivity index (χ2v) is 27.2. The van der Waals surface area contributed by atoms with Gasteiger partial charge in [-0.1, -0.05) is 285 Å². The fourth-order valence-electron chi connectivity index (χ4n) is 9.94. The SMILES string of the molecule is CCCCCCCCCCCCCCCCCCCC(=O)O[C@H](COC(=O)CCCCCCCCCCCCCC(C)C)COP(=O)(O)OC[C@@H](O)COP(=O)(O)OC[C@@H](COC(=O)CCCCCCCCC)OC(=O)CCCCCCCCC. The van der Waals surface area contributed by atoms with Crippen LogP contribution in [0.1, 0.15) is 336 Å². The maximum Gasteiger partial charge on any atom is 0.472 e. The van der Waals surface area contributed by atoms with Gasteiger partial charge in [0.05, 0.1) is 26.4 Å². The molecule has 0 aromatic rings. The summed E-state index contributed by atoms with van der Waals surface area (Å²) >= 11 is 0. The standard InChI is InChI=1S/C66H128O17P2/c1-6-9-12-15-18-19-20-21-22-23-24-25-28-32-37-42-47-52-66(71)83-62(56-77-64(69)50-45-40-36-31-29-26-27-30-35-38-43-48-59(4)5)58-81-85(74,75)79-54-60(67)53-78-84(72,73)80-57-61(82-65(70)51-46-41-34-17-14-11-8-3)55-76-63(68)49-44-39-33-16-13-10-7-2/h59-62,67H,6-58H2,1-5H3,(H,72,73)(H,74,75)/t60-,61+,62+/m0/s1. The summed E-state index contributed by atoms with van der Waals surface area (Å²) in [4.78, 5) is 72.1. The summed E-state index contributed by atoms with van der Waals surface area (Å²) in [5.74, 6) is -1.37. The van der Waals surface area contributed by atoms with Gasteiger partial charge in [0.15, 0.2) is 12.2 Å². The van der Waals surface area contributed by atoms with Gasteiger partial charge in [0.25, 0.3) is 0 Å². The van der Waals surface area contributed by atoms with Crippen molar-refractivity contribution in [1.82, 2.24) is 0 Å². The highest BCUT2D eigenvalue weighted by Crippen LogP contribution is 2.45. The summed E-state index contributed by atoms with van der Waals surface area (Å²) in [6.07, 6.45) is 44.7. The van der Waals surface area contributed by atoms with Crippen LogP contribution < -0.4 is 0 Å². The lowest BCUT2D eigenvalue weighted by atomic mass is 10.0. The Morgan fingerprint density at radius 1 is 0.318 bits per heavy atom. The molecule has 17 nitrogen and oxygen atoms in total. The molecule has 504 valence electrons. The summed E-state index contributed by atoms with van der Waals surface area (Å²) in [5.41, 5.74) is 0. The normalized spacial score (nSPS) is 14.2. The zero-order valence-electron chi connectivity index (χ0n) is 54.7. The van der Waals surface area contributed by atoms with Crippen LogP contribution in [0.15, 0.2) is 0 Å². The van der Waals surface area contributed by atoms with Crippen molar-refractivity contribution in [3.8, 4) is 0 Å². The molecule has 0 amide bonds. The molecule has 0 radical (unpaired) electrons. The first kappa shape index (κ1) is 83.1. The third kappa shape index (κ3) is 60.7. The second-order valence-electron chi connectivity index (χ2n) is 24.3. The minimum atomic E-state index is -4.95. The average molecular weight is 1260 g/mol. The lowest BCUT2D eigenvalue weighted by molar-refractivity contribution is -0.161. The van der Waals surface area contributed by atoms with Crippen molar-refractivity contribution in [2.75, 3.05) is 39.6 Å². The van der Waals surface area contributed by atoms with Gasteiger partial charge in [0.1, 0.15) is 19.3 Å². The number of aliphatic hydroxyl groups is 1. The fourth-order valence-corrected chi connectivity index (χ4v) is 11.5. The van der Waals surface area contributed by atoms with Crippen LogP contribution in [0.3, 0.4) is 0 Å². The molecule has 0 rings (SSSR count). The van der Waals surface area contributed by atoms with Gasteiger partial charge in [0, 0.05) is 25.7 Å². The molecule has 0 aromatic carbocycles. The zero-order chi connectivity index (χ0) is 62.8. The molecule has 0 aromatic heterocycles. The molecule has 0 aliphatic carbocycles. The maximum absolute atomic E-state index is 13.0. The maximum atomic E-state index is 13.0. The Balaban J connectivity index is 5.16. The Labute approximate surface area is 517 Å². The van der Waals surface area contributed by atoms with E-state index in [2.05, 4.69) is 34.6 Å². The third-order valence-corrected chi connectivity index (χ3v) is 17.2. The molecule has 85 heavy (non-hydrogen) atoms. The predicted octanol–water partition coefficient (Wildman–Crippen LogP) is 18.6. The lowest BCUT2D eigenvalue weighted by Crippen LogP contribution is -2.30. The van der Waals surface area contributed by atoms with Gasteiger partial charge in [-0.3, -0.25) is 37.3 Å². The lowest BCUT2D eigenvalue weighted by Gasteiger charge is -2.21. The Morgan fingerprint density at radius 3 is 0.800 bits per heavy atom. The van der Waals surface area contributed by atoms with E-state index in [1.807, 2.05) is 0 Å². The van der Waals surface area contributed by atoms with Gasteiger partial charge in [-0.2, -0.15) is 0 Å². The topological polar surface area (TPSA) is 237 Å². The molecule has 2 unspecified atom stereocenters. The molecular weight excluding hydrogens is 1130 g/mol. The number of aliphatic hydroxyl groups excluding tert-OH is 1. The summed E-state index contributed by atoms with van der Waals surface area (Å²) < 4.78 is 67.9. The van der Waals surface area contributed by atoms with Crippen molar-refractivity contribution < 1.29 is 80.2 Å². The number of rotatable bonds is 66. The molecule has 0 heterocycles. The Morgan fingerprint density at radius 2 is 0.541 bits per heavy atom. The van der Waals surface area contributed by atoms with Gasteiger partial charge in [-0.25, -0.2) is 9.13 Å². The van der Waals surface area contributed by atoms with E-state index >= 15 is 0 Å². The van der Waals surface area contributed by atoms with Crippen molar-refractivity contribution in [3.05, 3.63) is 0 Å². The number of hydrogen-bond acceptors (Lipinski definition) is 15. The molecule has 0 saturated carbocycles. The fraction of sp³-hybridized carbons (Fsp3) is 0.939. The number of phosphoric acid groups is 2. The molecule has 0 bridgehead atoms. The smallest absolute Gasteiger partial charge is 0.462 e. The van der Waals surface area contributed by atoms with Crippen LogP contribution in [0.4, 0.5) is 0 Å². The summed E-state index contributed by atoms with van der Waals surface area (Å²) in [5, 5.41) is 10.5. The Kier molecular flexibility index (Phi) is 58.3. The van der Waals surface area contributed by atoms with E-state index in [0.29, 0.717) is 25.7 Å². The summed E-state index contributed by atoms with van der Waals surface area (Å²) in [6, 6.07) is 0. The number of esters is 4. The van der Waals surface area contributed by atoms with Gasteiger partial charge in [0.2, 0.25) is 0 Å². The number of phosphoric ester groups is 2. The van der Waals surface area contributed by atoms with Crippen molar-refractivity contribution in [2.24, 2.45) is 5.92 Å². The minimum Gasteiger partial charge on any atom is -0.462 e. The molecule has 3 N–H and O–H groups in total. The van der Waals surface area contributed by atoms with E-state index < -0.39 is 97.5 Å². The zero-order valence-corrected chi connectivity index (χ0v) is 56.5. The molecule has 0 fully saturated rings. The monoisotopic (exact) mass is 1250 g/mol. The largest absolute Gasteiger partial charge is 0.472 e. The molecule has 5 atom stereocenters. The first-order valence-corrected chi connectivity index (χ1v) is 37.6. The molecule has 0 saturated heterocycles. The predicted molar refractivity (Wildman–Crippen MR) is 340 cm³/mol.